The van der Waals surface area contributed by atoms with Gasteiger partial charge in [-0.3, -0.25) is 29.3 Å². The average molecular weight is 493 g/mol. The third kappa shape index (κ3) is 11.5. The van der Waals surface area contributed by atoms with Gasteiger partial charge in [-0.25, -0.2) is 0 Å². The van der Waals surface area contributed by atoms with Crippen LogP contribution in [0, 0.1) is 0 Å². The summed E-state index contributed by atoms with van der Waals surface area (Å²) in [7, 11) is 0. The number of amides is 3. The lowest BCUT2D eigenvalue weighted by Gasteiger charge is -2.26. The highest BCUT2D eigenvalue weighted by Crippen LogP contribution is 2.09. The molecule has 0 atom stereocenters. The summed E-state index contributed by atoms with van der Waals surface area (Å²) in [5.41, 5.74) is 1.85. The Labute approximate surface area is 213 Å². The largest absolute Gasteiger partial charge is 0.353 e. The van der Waals surface area contributed by atoms with Crippen LogP contribution < -0.4 is 10.6 Å². The van der Waals surface area contributed by atoms with E-state index in [2.05, 4.69) is 38.7 Å². The van der Waals surface area contributed by atoms with E-state index in [4.69, 9.17) is 0 Å². The van der Waals surface area contributed by atoms with Crippen molar-refractivity contribution in [2.45, 2.75) is 32.4 Å². The quantitative estimate of drug-likeness (QED) is 0.259. The summed E-state index contributed by atoms with van der Waals surface area (Å²) < 4.78 is 0. The number of pyridine rings is 2. The number of hydrogen-bond acceptors (Lipinski definition) is 6. The minimum atomic E-state index is -0.236. The molecular formula is C27H36N6O3. The van der Waals surface area contributed by atoms with Crippen molar-refractivity contribution < 1.29 is 14.4 Å². The van der Waals surface area contributed by atoms with Crippen LogP contribution in [0.1, 0.15) is 30.7 Å². The minimum absolute atomic E-state index is 0.0205. The van der Waals surface area contributed by atoms with Crippen LogP contribution in [0.25, 0.3) is 0 Å². The predicted molar refractivity (Wildman–Crippen MR) is 139 cm³/mol. The molecule has 0 bridgehead atoms. The number of carbonyl (C=O) groups is 3. The monoisotopic (exact) mass is 492 g/mol. The lowest BCUT2D eigenvalue weighted by molar-refractivity contribution is -0.131. The zero-order valence-corrected chi connectivity index (χ0v) is 20.8. The Balaban J connectivity index is 1.97. The highest BCUT2D eigenvalue weighted by Gasteiger charge is 2.16. The molecule has 2 N–H and O–H groups in total. The van der Waals surface area contributed by atoms with Gasteiger partial charge in [0.1, 0.15) is 0 Å². The fourth-order valence-electron chi connectivity index (χ4n) is 3.54. The molecule has 0 saturated heterocycles. The SMILES string of the molecule is C=CC(=O)NCCCN(CCCNC(=O)C=C)C(=O)CCN(Cc1ccccn1)Cc1ccccn1. The Hall–Kier alpha value is -3.85. The van der Waals surface area contributed by atoms with E-state index in [1.807, 2.05) is 36.4 Å². The lowest BCUT2D eigenvalue weighted by Crippen LogP contribution is -2.38. The minimum Gasteiger partial charge on any atom is -0.353 e. The van der Waals surface area contributed by atoms with Crippen LogP contribution >= 0.6 is 0 Å². The molecule has 0 aliphatic rings. The molecule has 0 aliphatic heterocycles. The summed E-state index contributed by atoms with van der Waals surface area (Å²) in [5, 5.41) is 5.47. The molecule has 0 aromatic carbocycles. The molecule has 0 fully saturated rings. The molecule has 0 saturated carbocycles. The van der Waals surface area contributed by atoms with Crippen LogP contribution in [-0.4, -0.2) is 70.2 Å². The van der Waals surface area contributed by atoms with E-state index in [1.165, 1.54) is 12.2 Å². The summed E-state index contributed by atoms with van der Waals surface area (Å²) in [6.07, 6.45) is 7.55. The Morgan fingerprint density at radius 1 is 0.778 bits per heavy atom. The van der Waals surface area contributed by atoms with Gasteiger partial charge in [0.25, 0.3) is 0 Å². The van der Waals surface area contributed by atoms with Crippen molar-refractivity contribution in [3.8, 4) is 0 Å². The summed E-state index contributed by atoms with van der Waals surface area (Å²) in [6, 6.07) is 11.6. The van der Waals surface area contributed by atoms with Crippen molar-refractivity contribution in [1.29, 1.82) is 0 Å². The van der Waals surface area contributed by atoms with Gasteiger partial charge < -0.3 is 15.5 Å². The molecule has 192 valence electrons. The van der Waals surface area contributed by atoms with E-state index in [0.29, 0.717) is 65.1 Å². The van der Waals surface area contributed by atoms with Crippen molar-refractivity contribution in [2.75, 3.05) is 32.7 Å². The number of nitrogens with one attached hydrogen (secondary N) is 2. The molecule has 2 rings (SSSR count). The van der Waals surface area contributed by atoms with Gasteiger partial charge in [-0.15, -0.1) is 0 Å². The molecule has 0 spiro atoms. The molecule has 9 nitrogen and oxygen atoms in total. The highest BCUT2D eigenvalue weighted by atomic mass is 16.2. The van der Waals surface area contributed by atoms with E-state index >= 15 is 0 Å². The maximum Gasteiger partial charge on any atom is 0.243 e. The Morgan fingerprint density at radius 3 is 1.69 bits per heavy atom. The molecule has 0 aliphatic carbocycles. The van der Waals surface area contributed by atoms with E-state index in [1.54, 1.807) is 17.3 Å². The van der Waals surface area contributed by atoms with Gasteiger partial charge in [-0.2, -0.15) is 0 Å². The third-order valence-corrected chi connectivity index (χ3v) is 5.40. The number of nitrogens with zero attached hydrogens (tertiary/aromatic N) is 4. The number of aromatic nitrogens is 2. The first kappa shape index (κ1) is 28.4. The molecule has 2 heterocycles. The van der Waals surface area contributed by atoms with Gasteiger partial charge in [0.05, 0.1) is 11.4 Å². The second kappa shape index (κ2) is 16.7. The van der Waals surface area contributed by atoms with Crippen LogP contribution in [0.2, 0.25) is 0 Å². The van der Waals surface area contributed by atoms with Crippen LogP contribution in [0.3, 0.4) is 0 Å². The van der Waals surface area contributed by atoms with Crippen LogP contribution in [0.5, 0.6) is 0 Å². The normalized spacial score (nSPS) is 10.5. The molecule has 0 radical (unpaired) electrons. The number of hydrogen-bond donors (Lipinski definition) is 2. The van der Waals surface area contributed by atoms with Crippen molar-refractivity contribution in [1.82, 2.24) is 30.4 Å². The second-order valence-electron chi connectivity index (χ2n) is 8.18. The summed E-state index contributed by atoms with van der Waals surface area (Å²) >= 11 is 0. The van der Waals surface area contributed by atoms with Gasteiger partial charge >= 0.3 is 0 Å². The Morgan fingerprint density at radius 2 is 1.28 bits per heavy atom. The number of rotatable bonds is 17. The van der Waals surface area contributed by atoms with E-state index in [9.17, 15) is 14.4 Å². The molecule has 9 heteroatoms. The van der Waals surface area contributed by atoms with E-state index in [0.717, 1.165) is 11.4 Å². The molecular weight excluding hydrogens is 456 g/mol. The first-order valence-electron chi connectivity index (χ1n) is 12.1. The lowest BCUT2D eigenvalue weighted by atomic mass is 10.2. The van der Waals surface area contributed by atoms with Crippen LogP contribution in [-0.2, 0) is 27.5 Å². The maximum atomic E-state index is 13.2. The zero-order valence-electron chi connectivity index (χ0n) is 20.8. The molecule has 2 aromatic rings. The van der Waals surface area contributed by atoms with E-state index < -0.39 is 0 Å². The van der Waals surface area contributed by atoms with Crippen LogP contribution in [0.15, 0.2) is 74.1 Å². The predicted octanol–water partition coefficient (Wildman–Crippen LogP) is 2.08. The molecule has 36 heavy (non-hydrogen) atoms. The third-order valence-electron chi connectivity index (χ3n) is 5.40. The summed E-state index contributed by atoms with van der Waals surface area (Å²) in [5.74, 6) is -0.452. The first-order valence-corrected chi connectivity index (χ1v) is 12.1. The summed E-state index contributed by atoms with van der Waals surface area (Å²) in [4.78, 5) is 48.8. The molecule has 3 amide bonds. The topological polar surface area (TPSA) is 108 Å². The zero-order chi connectivity index (χ0) is 26.0. The second-order valence-corrected chi connectivity index (χ2v) is 8.18. The fraction of sp³-hybridized carbons (Fsp3) is 0.370. The average Bonchev–Trinajstić information content (AvgIpc) is 2.91. The first-order chi connectivity index (χ1) is 17.5. The summed E-state index contributed by atoms with van der Waals surface area (Å²) in [6.45, 7) is 10.6. The van der Waals surface area contributed by atoms with Gasteiger partial charge in [0.15, 0.2) is 0 Å². The highest BCUT2D eigenvalue weighted by molar-refractivity contribution is 5.87. The van der Waals surface area contributed by atoms with Gasteiger partial charge in [0, 0.05) is 64.6 Å². The van der Waals surface area contributed by atoms with E-state index in [-0.39, 0.29) is 17.7 Å². The van der Waals surface area contributed by atoms with Crippen LogP contribution in [0.4, 0.5) is 0 Å². The molecule has 2 aromatic heterocycles. The Kier molecular flexibility index (Phi) is 13.2. The Bertz CT molecular complexity index is 898. The standard InChI is InChI=1S/C27H36N6O3/c1-3-25(34)30-16-9-18-33(19-10-17-31-26(35)4-2)27(36)13-20-32(21-23-11-5-7-14-28-23)22-24-12-6-8-15-29-24/h3-8,11-12,14-15H,1-2,9-10,13,16-22H2,(H,30,34)(H,31,35). The van der Waals surface area contributed by atoms with Gasteiger partial charge in [0.2, 0.25) is 17.7 Å². The smallest absolute Gasteiger partial charge is 0.243 e. The van der Waals surface area contributed by atoms with Crippen molar-refractivity contribution in [3.63, 3.8) is 0 Å². The van der Waals surface area contributed by atoms with Crippen molar-refractivity contribution in [3.05, 3.63) is 85.5 Å². The van der Waals surface area contributed by atoms with Gasteiger partial charge in [-0.05, 0) is 49.3 Å². The maximum absolute atomic E-state index is 13.2. The van der Waals surface area contributed by atoms with Crippen molar-refractivity contribution >= 4 is 17.7 Å². The van der Waals surface area contributed by atoms with Gasteiger partial charge in [-0.1, -0.05) is 25.3 Å². The molecule has 0 unspecified atom stereocenters. The van der Waals surface area contributed by atoms with Crippen molar-refractivity contribution in [2.24, 2.45) is 0 Å². The fourth-order valence-corrected chi connectivity index (χ4v) is 3.54. The number of carbonyl (C=O) groups excluding carboxylic acids is 3.